The molecular weight excluding hydrogens is 298 g/mol. The minimum atomic E-state index is -0.434. The van der Waals surface area contributed by atoms with Crippen molar-refractivity contribution in [1.29, 1.82) is 0 Å². The third kappa shape index (κ3) is 4.88. The van der Waals surface area contributed by atoms with Crippen LogP contribution in [-0.4, -0.2) is 31.1 Å². The summed E-state index contributed by atoms with van der Waals surface area (Å²) >= 11 is 11.8. The van der Waals surface area contributed by atoms with Gasteiger partial charge in [-0.05, 0) is 45.0 Å². The zero-order chi connectivity index (χ0) is 15.3. The second-order valence-electron chi connectivity index (χ2n) is 5.20. The van der Waals surface area contributed by atoms with Crippen LogP contribution in [0.15, 0.2) is 12.1 Å². The van der Waals surface area contributed by atoms with Crippen LogP contribution >= 0.6 is 23.2 Å². The molecule has 0 aliphatic heterocycles. The molecule has 0 spiro atoms. The third-order valence-electron chi connectivity index (χ3n) is 3.76. The predicted octanol–water partition coefficient (Wildman–Crippen LogP) is 4.51. The van der Waals surface area contributed by atoms with Crippen LogP contribution in [0.2, 0.25) is 10.0 Å². The molecule has 1 aromatic rings. The van der Waals surface area contributed by atoms with Gasteiger partial charge < -0.3 is 10.2 Å². The average Bonchev–Trinajstić information content (AvgIpc) is 2.41. The number of hydrogen-bond donors (Lipinski definition) is 1. The maximum atomic E-state index is 13.5. The fraction of sp³-hybridized carbons (Fsp3) is 0.600. The van der Waals surface area contributed by atoms with Crippen molar-refractivity contribution in [3.8, 4) is 0 Å². The van der Waals surface area contributed by atoms with Gasteiger partial charge >= 0.3 is 0 Å². The van der Waals surface area contributed by atoms with Gasteiger partial charge in [0, 0.05) is 30.2 Å². The van der Waals surface area contributed by atoms with Crippen molar-refractivity contribution in [2.45, 2.75) is 39.3 Å². The van der Waals surface area contributed by atoms with Crippen LogP contribution in [0, 0.1) is 5.82 Å². The second kappa shape index (κ2) is 8.18. The Labute approximate surface area is 131 Å². The van der Waals surface area contributed by atoms with E-state index in [1.807, 2.05) is 6.92 Å². The zero-order valence-electron chi connectivity index (χ0n) is 12.5. The Morgan fingerprint density at radius 3 is 2.50 bits per heavy atom. The molecule has 1 rings (SSSR count). The molecule has 0 radical (unpaired) electrons. The molecule has 0 amide bonds. The number of likely N-dealkylation sites (N-methyl/N-ethyl adjacent to an activating group) is 1. The molecule has 114 valence electrons. The molecule has 0 aromatic heterocycles. The molecule has 0 aliphatic carbocycles. The summed E-state index contributed by atoms with van der Waals surface area (Å²) in [7, 11) is 2.11. The van der Waals surface area contributed by atoms with E-state index >= 15 is 0 Å². The highest BCUT2D eigenvalue weighted by atomic mass is 35.5. The summed E-state index contributed by atoms with van der Waals surface area (Å²) in [6.07, 6.45) is 1.13. The van der Waals surface area contributed by atoms with Crippen molar-refractivity contribution in [2.24, 2.45) is 0 Å². The minimum Gasteiger partial charge on any atom is -0.309 e. The van der Waals surface area contributed by atoms with Gasteiger partial charge in [-0.2, -0.15) is 0 Å². The molecule has 0 bridgehead atoms. The van der Waals surface area contributed by atoms with E-state index in [-0.39, 0.29) is 11.1 Å². The Morgan fingerprint density at radius 2 is 1.90 bits per heavy atom. The summed E-state index contributed by atoms with van der Waals surface area (Å²) in [6.45, 7) is 8.11. The normalized spacial score (nSPS) is 14.6. The summed E-state index contributed by atoms with van der Waals surface area (Å²) in [5.41, 5.74) is 0.736. The number of nitrogens with zero attached hydrogens (tertiary/aromatic N) is 1. The first kappa shape index (κ1) is 17.7. The van der Waals surface area contributed by atoms with Gasteiger partial charge in [-0.3, -0.25) is 0 Å². The highest BCUT2D eigenvalue weighted by molar-refractivity contribution is 6.35. The molecule has 0 saturated carbocycles. The first-order valence-electron chi connectivity index (χ1n) is 6.94. The Bertz CT molecular complexity index is 440. The Hall–Kier alpha value is -0.350. The van der Waals surface area contributed by atoms with E-state index in [0.29, 0.717) is 11.1 Å². The van der Waals surface area contributed by atoms with Crippen LogP contribution in [0.3, 0.4) is 0 Å². The summed E-state index contributed by atoms with van der Waals surface area (Å²) in [6, 6.07) is 3.40. The zero-order valence-corrected chi connectivity index (χ0v) is 14.0. The highest BCUT2D eigenvalue weighted by Gasteiger charge is 2.13. The Balaban J connectivity index is 2.55. The molecule has 2 nitrogen and oxygen atoms in total. The van der Waals surface area contributed by atoms with E-state index in [1.165, 1.54) is 12.1 Å². The van der Waals surface area contributed by atoms with Gasteiger partial charge in [0.05, 0.1) is 5.02 Å². The van der Waals surface area contributed by atoms with Crippen LogP contribution in [0.4, 0.5) is 4.39 Å². The number of halogens is 3. The van der Waals surface area contributed by atoms with Crippen molar-refractivity contribution in [1.82, 2.24) is 10.2 Å². The molecule has 2 unspecified atom stereocenters. The van der Waals surface area contributed by atoms with Crippen LogP contribution in [-0.2, 0) is 0 Å². The van der Waals surface area contributed by atoms with E-state index in [1.54, 1.807) is 0 Å². The minimum absolute atomic E-state index is 0.0143. The maximum absolute atomic E-state index is 13.5. The summed E-state index contributed by atoms with van der Waals surface area (Å²) in [5, 5.41) is 3.91. The number of benzene rings is 1. The lowest BCUT2D eigenvalue weighted by Crippen LogP contribution is -2.35. The van der Waals surface area contributed by atoms with Crippen LogP contribution < -0.4 is 5.32 Å². The lowest BCUT2D eigenvalue weighted by atomic mass is 10.1. The third-order valence-corrected chi connectivity index (χ3v) is 4.38. The topological polar surface area (TPSA) is 15.3 Å². The van der Waals surface area contributed by atoms with Gasteiger partial charge in [-0.1, -0.05) is 30.1 Å². The van der Waals surface area contributed by atoms with Crippen LogP contribution in [0.5, 0.6) is 0 Å². The molecule has 0 fully saturated rings. The molecule has 2 atom stereocenters. The molecule has 0 saturated heterocycles. The molecule has 0 aliphatic rings. The summed E-state index contributed by atoms with van der Waals surface area (Å²) in [5.74, 6) is -0.434. The van der Waals surface area contributed by atoms with Crippen molar-refractivity contribution in [3.63, 3.8) is 0 Å². The molecule has 0 heterocycles. The van der Waals surface area contributed by atoms with Crippen LogP contribution in [0.25, 0.3) is 0 Å². The fourth-order valence-electron chi connectivity index (χ4n) is 1.97. The average molecular weight is 321 g/mol. The van der Waals surface area contributed by atoms with E-state index in [9.17, 15) is 4.39 Å². The standard InChI is InChI=1S/C15H23Cl2FN2/c1-5-10(2)20(4)7-6-19-11(3)12-8-15(18)14(17)9-13(12)16/h8-11,19H,5-7H2,1-4H3. The fourth-order valence-corrected chi connectivity index (χ4v) is 2.52. The van der Waals surface area contributed by atoms with Gasteiger partial charge in [0.1, 0.15) is 5.82 Å². The van der Waals surface area contributed by atoms with E-state index < -0.39 is 5.82 Å². The van der Waals surface area contributed by atoms with E-state index in [2.05, 4.69) is 31.1 Å². The van der Waals surface area contributed by atoms with Crippen molar-refractivity contribution >= 4 is 23.2 Å². The summed E-state index contributed by atoms with van der Waals surface area (Å²) < 4.78 is 13.5. The first-order valence-corrected chi connectivity index (χ1v) is 7.70. The molecule has 1 N–H and O–H groups in total. The Kier molecular flexibility index (Phi) is 7.24. The molecule has 1 aromatic carbocycles. The lowest BCUT2D eigenvalue weighted by molar-refractivity contribution is 0.249. The number of nitrogens with one attached hydrogen (secondary N) is 1. The predicted molar refractivity (Wildman–Crippen MR) is 85.2 cm³/mol. The van der Waals surface area contributed by atoms with Gasteiger partial charge in [0.25, 0.3) is 0 Å². The summed E-state index contributed by atoms with van der Waals surface area (Å²) in [4.78, 5) is 2.30. The second-order valence-corrected chi connectivity index (χ2v) is 6.02. The van der Waals surface area contributed by atoms with Gasteiger partial charge in [-0.15, -0.1) is 0 Å². The quantitative estimate of drug-likeness (QED) is 0.743. The first-order chi connectivity index (χ1) is 9.36. The van der Waals surface area contributed by atoms with Gasteiger partial charge in [0.15, 0.2) is 0 Å². The molecule has 5 heteroatoms. The number of rotatable bonds is 7. The van der Waals surface area contributed by atoms with Crippen LogP contribution in [0.1, 0.15) is 38.8 Å². The lowest BCUT2D eigenvalue weighted by Gasteiger charge is -2.25. The molecular formula is C15H23Cl2FN2. The SMILES string of the molecule is CCC(C)N(C)CCNC(C)c1cc(F)c(Cl)cc1Cl. The maximum Gasteiger partial charge on any atom is 0.142 e. The van der Waals surface area contributed by atoms with Crippen molar-refractivity contribution in [2.75, 3.05) is 20.1 Å². The van der Waals surface area contributed by atoms with Crippen molar-refractivity contribution in [3.05, 3.63) is 33.6 Å². The van der Waals surface area contributed by atoms with E-state index in [0.717, 1.165) is 25.1 Å². The Morgan fingerprint density at radius 1 is 1.25 bits per heavy atom. The number of hydrogen-bond acceptors (Lipinski definition) is 2. The van der Waals surface area contributed by atoms with Gasteiger partial charge in [0.2, 0.25) is 0 Å². The van der Waals surface area contributed by atoms with Gasteiger partial charge in [-0.25, -0.2) is 4.39 Å². The molecule has 20 heavy (non-hydrogen) atoms. The monoisotopic (exact) mass is 320 g/mol. The highest BCUT2D eigenvalue weighted by Crippen LogP contribution is 2.28. The van der Waals surface area contributed by atoms with Crippen molar-refractivity contribution < 1.29 is 4.39 Å². The smallest absolute Gasteiger partial charge is 0.142 e. The van der Waals surface area contributed by atoms with E-state index in [4.69, 9.17) is 23.2 Å². The largest absolute Gasteiger partial charge is 0.309 e.